The number of nitrogens with two attached hydrogens (primary N) is 1. The number of epoxide rings is 1. The van der Waals surface area contributed by atoms with Crippen molar-refractivity contribution in [2.75, 3.05) is 47.7 Å². The van der Waals surface area contributed by atoms with Gasteiger partial charge in [-0.2, -0.15) is 0 Å². The van der Waals surface area contributed by atoms with E-state index in [1.54, 1.807) is 21.3 Å². The van der Waals surface area contributed by atoms with Gasteiger partial charge in [0.2, 0.25) is 0 Å². The minimum absolute atomic E-state index is 0.0752. The van der Waals surface area contributed by atoms with E-state index in [2.05, 4.69) is 27.7 Å². The molecule has 1 aliphatic heterocycles. The van der Waals surface area contributed by atoms with E-state index in [0.717, 1.165) is 55.6 Å². The van der Waals surface area contributed by atoms with Crippen LogP contribution in [-0.4, -0.2) is 78.7 Å². The molecule has 0 aromatic carbocycles. The zero-order valence-corrected chi connectivity index (χ0v) is 23.1. The van der Waals surface area contributed by atoms with E-state index in [9.17, 15) is 0 Å². The maximum atomic E-state index is 5.99. The molecule has 1 saturated heterocycles. The summed E-state index contributed by atoms with van der Waals surface area (Å²) in [4.78, 5) is 0. The Balaban J connectivity index is 0.000000614. The molecule has 0 amide bonds. The van der Waals surface area contributed by atoms with Gasteiger partial charge in [-0.25, -0.2) is 0 Å². The summed E-state index contributed by atoms with van der Waals surface area (Å²) in [5.41, 5.74) is 5.43. The van der Waals surface area contributed by atoms with Crippen molar-refractivity contribution in [3.05, 3.63) is 0 Å². The third-order valence-corrected chi connectivity index (χ3v) is 9.36. The Hall–Kier alpha value is 0.154. The lowest BCUT2D eigenvalue weighted by atomic mass is 9.77. The van der Waals surface area contributed by atoms with E-state index in [-0.39, 0.29) is 5.60 Å². The first-order valence-electron chi connectivity index (χ1n) is 10.9. The summed E-state index contributed by atoms with van der Waals surface area (Å²) in [5.74, 6) is 1.16. The highest BCUT2D eigenvalue weighted by molar-refractivity contribution is 6.60. The van der Waals surface area contributed by atoms with Crippen molar-refractivity contribution in [2.24, 2.45) is 17.6 Å². The van der Waals surface area contributed by atoms with Crippen molar-refractivity contribution in [2.45, 2.75) is 71.1 Å². The molecule has 7 nitrogen and oxygen atoms in total. The number of rotatable bonds is 16. The Labute approximate surface area is 183 Å². The van der Waals surface area contributed by atoms with Gasteiger partial charge in [-0.3, -0.25) is 0 Å². The first kappa shape index (κ1) is 29.2. The standard InChI is InChI=1S/C14H30O3Si.C6H17NO3Si/c1-11(2)14(17-18,12(3)4)7-5-6-8-15-9-13-10-16-13;1-8-11(9-2,10-3)6-4-5-7/h11-13H,5-10H2,1-4,18H3;4-7H2,1-3H3. The molecule has 0 aromatic heterocycles. The predicted octanol–water partition coefficient (Wildman–Crippen LogP) is 2.13. The predicted molar refractivity (Wildman–Crippen MR) is 123 cm³/mol. The summed E-state index contributed by atoms with van der Waals surface area (Å²) in [6.07, 6.45) is 4.72. The third-order valence-electron chi connectivity index (χ3n) is 5.77. The first-order valence-corrected chi connectivity index (χ1v) is 13.6. The fourth-order valence-electron chi connectivity index (χ4n) is 3.68. The van der Waals surface area contributed by atoms with Gasteiger partial charge in [0.1, 0.15) is 16.6 Å². The molecule has 0 spiro atoms. The van der Waals surface area contributed by atoms with Crippen LogP contribution in [0.4, 0.5) is 0 Å². The summed E-state index contributed by atoms with van der Waals surface area (Å²) in [5, 5.41) is 0. The molecule has 0 saturated carbocycles. The smallest absolute Gasteiger partial charge is 0.422 e. The van der Waals surface area contributed by atoms with Crippen LogP contribution >= 0.6 is 0 Å². The highest BCUT2D eigenvalue weighted by atomic mass is 28.4. The summed E-state index contributed by atoms with van der Waals surface area (Å²) in [6.45, 7) is 12.3. The number of ether oxygens (including phenoxy) is 2. The van der Waals surface area contributed by atoms with E-state index >= 15 is 0 Å². The average Bonchev–Trinajstić information content (AvgIpc) is 3.53. The molecule has 9 heteroatoms. The molecule has 1 fully saturated rings. The van der Waals surface area contributed by atoms with Crippen LogP contribution in [0.15, 0.2) is 0 Å². The SMILES string of the molecule is CC(C)C(CCCCOCC1CO1)(O[SiH3])C(C)C.CO[Si](CCCN)(OC)OC. The van der Waals surface area contributed by atoms with Gasteiger partial charge in [0, 0.05) is 34.0 Å². The zero-order chi connectivity index (χ0) is 22.3. The lowest BCUT2D eigenvalue weighted by Crippen LogP contribution is -2.43. The summed E-state index contributed by atoms with van der Waals surface area (Å²) in [6, 6.07) is 0.785. The highest BCUT2D eigenvalue weighted by Gasteiger charge is 2.37. The molecule has 1 rings (SSSR count). The molecule has 176 valence electrons. The van der Waals surface area contributed by atoms with Gasteiger partial charge in [0.25, 0.3) is 0 Å². The molecule has 0 bridgehead atoms. The number of unbranched alkanes of at least 4 members (excludes halogenated alkanes) is 1. The largest absolute Gasteiger partial charge is 0.500 e. The van der Waals surface area contributed by atoms with Crippen LogP contribution in [0.3, 0.4) is 0 Å². The number of hydrogen-bond acceptors (Lipinski definition) is 7. The highest BCUT2D eigenvalue weighted by Crippen LogP contribution is 2.34. The van der Waals surface area contributed by atoms with Crippen molar-refractivity contribution in [3.8, 4) is 0 Å². The fourth-order valence-corrected chi connectivity index (χ4v) is 6.57. The van der Waals surface area contributed by atoms with Crippen molar-refractivity contribution >= 4 is 19.3 Å². The van der Waals surface area contributed by atoms with E-state index in [0.29, 0.717) is 24.5 Å². The van der Waals surface area contributed by atoms with Gasteiger partial charge >= 0.3 is 8.80 Å². The van der Waals surface area contributed by atoms with Crippen LogP contribution < -0.4 is 5.73 Å². The molecule has 29 heavy (non-hydrogen) atoms. The van der Waals surface area contributed by atoms with Crippen LogP contribution in [0.2, 0.25) is 6.04 Å². The molecule has 1 heterocycles. The van der Waals surface area contributed by atoms with Gasteiger partial charge in [-0.15, -0.1) is 0 Å². The Morgan fingerprint density at radius 2 is 1.59 bits per heavy atom. The maximum Gasteiger partial charge on any atom is 0.500 e. The molecular weight excluding hydrogens is 406 g/mol. The zero-order valence-electron chi connectivity index (χ0n) is 20.1. The Kier molecular flexibility index (Phi) is 16.0. The molecule has 1 atom stereocenters. The van der Waals surface area contributed by atoms with Gasteiger partial charge in [-0.1, -0.05) is 27.7 Å². The Morgan fingerprint density at radius 1 is 1.03 bits per heavy atom. The topological polar surface area (TPSA) is 84.7 Å². The van der Waals surface area contributed by atoms with E-state index in [4.69, 9.17) is 32.9 Å². The van der Waals surface area contributed by atoms with Crippen LogP contribution in [0.25, 0.3) is 0 Å². The maximum absolute atomic E-state index is 5.99. The second kappa shape index (κ2) is 15.9. The molecule has 1 unspecified atom stereocenters. The van der Waals surface area contributed by atoms with E-state index in [1.165, 1.54) is 6.42 Å². The summed E-state index contributed by atoms with van der Waals surface area (Å²) in [7, 11) is 3.32. The lowest BCUT2D eigenvalue weighted by molar-refractivity contribution is -0.0258. The monoisotopic (exact) mass is 453 g/mol. The van der Waals surface area contributed by atoms with Gasteiger partial charge in [-0.05, 0) is 44.1 Å². The van der Waals surface area contributed by atoms with Crippen molar-refractivity contribution in [3.63, 3.8) is 0 Å². The Bertz CT molecular complexity index is 377. The quantitative estimate of drug-likeness (QED) is 0.218. The minimum atomic E-state index is -2.32. The third kappa shape index (κ3) is 10.8. The second-order valence-electron chi connectivity index (χ2n) is 8.14. The number of hydrogen-bond donors (Lipinski definition) is 1. The van der Waals surface area contributed by atoms with E-state index in [1.807, 2.05) is 0 Å². The molecule has 2 N–H and O–H groups in total. The Morgan fingerprint density at radius 3 is 1.97 bits per heavy atom. The van der Waals surface area contributed by atoms with Crippen LogP contribution in [0.1, 0.15) is 53.4 Å². The molecule has 1 aliphatic rings. The molecule has 0 radical (unpaired) electrons. The van der Waals surface area contributed by atoms with Gasteiger partial charge < -0.3 is 32.9 Å². The van der Waals surface area contributed by atoms with E-state index < -0.39 is 8.80 Å². The van der Waals surface area contributed by atoms with Crippen molar-refractivity contribution in [1.29, 1.82) is 0 Å². The van der Waals surface area contributed by atoms with Gasteiger partial charge in [0.05, 0.1) is 18.8 Å². The minimum Gasteiger partial charge on any atom is -0.422 e. The van der Waals surface area contributed by atoms with Crippen LogP contribution in [-0.2, 0) is 27.2 Å². The van der Waals surface area contributed by atoms with Crippen LogP contribution in [0.5, 0.6) is 0 Å². The van der Waals surface area contributed by atoms with Crippen LogP contribution in [0, 0.1) is 11.8 Å². The average molecular weight is 454 g/mol. The summed E-state index contributed by atoms with van der Waals surface area (Å²) >= 11 is 0. The van der Waals surface area contributed by atoms with Gasteiger partial charge in [0.15, 0.2) is 0 Å². The second-order valence-corrected chi connectivity index (χ2v) is 11.6. The van der Waals surface area contributed by atoms with Crippen molar-refractivity contribution < 1.29 is 27.2 Å². The normalized spacial score (nSPS) is 17.0. The summed E-state index contributed by atoms with van der Waals surface area (Å²) < 4.78 is 32.2. The molecule has 0 aromatic rings. The fraction of sp³-hybridized carbons (Fsp3) is 1.00. The molecule has 0 aliphatic carbocycles. The molecular formula is C20H47NO6Si2. The lowest BCUT2D eigenvalue weighted by Gasteiger charge is -2.41. The first-order chi connectivity index (χ1) is 13.8. The van der Waals surface area contributed by atoms with Crippen molar-refractivity contribution in [1.82, 2.24) is 0 Å².